The SMILES string of the molecule is CC(CCC(C)C1CCC2C3C(O)CC4CC(O)CCC4(C)C3CC(O)C12C)C(C)C(=O)O. The third-order valence-corrected chi connectivity index (χ3v) is 11.8. The summed E-state index contributed by atoms with van der Waals surface area (Å²) in [7, 11) is 0. The molecule has 0 radical (unpaired) electrons. The monoisotopic (exact) mass is 464 g/mol. The van der Waals surface area contributed by atoms with Gasteiger partial charge in [-0.25, -0.2) is 0 Å². The van der Waals surface area contributed by atoms with Crippen LogP contribution in [0.3, 0.4) is 0 Å². The van der Waals surface area contributed by atoms with Crippen LogP contribution in [0, 0.1) is 58.2 Å². The van der Waals surface area contributed by atoms with Gasteiger partial charge < -0.3 is 20.4 Å². The highest BCUT2D eigenvalue weighted by atomic mass is 16.4. The Morgan fingerprint density at radius 2 is 1.64 bits per heavy atom. The van der Waals surface area contributed by atoms with E-state index in [1.807, 2.05) is 6.92 Å². The maximum atomic E-state index is 11.7. The zero-order valence-corrected chi connectivity index (χ0v) is 21.4. The van der Waals surface area contributed by atoms with Gasteiger partial charge in [0.05, 0.1) is 24.2 Å². The number of hydrogen-bond donors (Lipinski definition) is 4. The van der Waals surface area contributed by atoms with Crippen LogP contribution in [-0.4, -0.2) is 44.7 Å². The van der Waals surface area contributed by atoms with Gasteiger partial charge in [0.25, 0.3) is 0 Å². The van der Waals surface area contributed by atoms with E-state index in [1.165, 1.54) is 0 Å². The molecule has 4 N–H and O–H groups in total. The Bertz CT molecular complexity index is 725. The molecule has 190 valence electrons. The van der Waals surface area contributed by atoms with Crippen LogP contribution < -0.4 is 0 Å². The predicted octanol–water partition coefficient (Wildman–Crippen LogP) is 4.72. The standard InChI is InChI=1S/C28H48O5/c1-15(17(3)26(32)33)6-7-16(2)20-8-9-21-25-22(14-24(31)28(20,21)5)27(4)11-10-19(29)12-18(27)13-23(25)30/h15-25,29-31H,6-14H2,1-5H3,(H,32,33). The molecule has 0 spiro atoms. The fourth-order valence-corrected chi connectivity index (χ4v) is 9.35. The van der Waals surface area contributed by atoms with E-state index in [4.69, 9.17) is 0 Å². The van der Waals surface area contributed by atoms with Crippen LogP contribution in [0.4, 0.5) is 0 Å². The molecule has 4 aliphatic rings. The molecule has 4 rings (SSSR count). The van der Waals surface area contributed by atoms with Crippen molar-refractivity contribution in [2.24, 2.45) is 58.2 Å². The Morgan fingerprint density at radius 1 is 0.939 bits per heavy atom. The van der Waals surface area contributed by atoms with E-state index in [2.05, 4.69) is 20.8 Å². The number of aliphatic hydroxyl groups excluding tert-OH is 3. The summed E-state index contributed by atoms with van der Waals surface area (Å²) < 4.78 is 0. The second kappa shape index (κ2) is 9.09. The van der Waals surface area contributed by atoms with E-state index in [9.17, 15) is 25.2 Å². The summed E-state index contributed by atoms with van der Waals surface area (Å²) in [4.78, 5) is 11.4. The molecule has 0 bridgehead atoms. The predicted molar refractivity (Wildman–Crippen MR) is 128 cm³/mol. The minimum absolute atomic E-state index is 0.109. The van der Waals surface area contributed by atoms with Crippen molar-refractivity contribution in [3.8, 4) is 0 Å². The number of aliphatic carboxylic acids is 1. The van der Waals surface area contributed by atoms with Crippen molar-refractivity contribution < 1.29 is 25.2 Å². The molecule has 4 aliphatic carbocycles. The Kier molecular flexibility index (Phi) is 7.01. The first-order valence-electron chi connectivity index (χ1n) is 13.7. The lowest BCUT2D eigenvalue weighted by atomic mass is 9.43. The van der Waals surface area contributed by atoms with Gasteiger partial charge in [-0.15, -0.1) is 0 Å². The number of carboxylic acids is 1. The average molecular weight is 465 g/mol. The first-order valence-corrected chi connectivity index (χ1v) is 13.7. The Morgan fingerprint density at radius 3 is 2.30 bits per heavy atom. The van der Waals surface area contributed by atoms with Crippen LogP contribution in [0.25, 0.3) is 0 Å². The first-order chi connectivity index (χ1) is 15.4. The van der Waals surface area contributed by atoms with Crippen LogP contribution in [0.1, 0.15) is 92.4 Å². The molecule has 33 heavy (non-hydrogen) atoms. The largest absolute Gasteiger partial charge is 0.481 e. The zero-order chi connectivity index (χ0) is 24.3. The van der Waals surface area contributed by atoms with Crippen LogP contribution >= 0.6 is 0 Å². The summed E-state index contributed by atoms with van der Waals surface area (Å²) >= 11 is 0. The van der Waals surface area contributed by atoms with E-state index in [0.29, 0.717) is 29.6 Å². The number of fused-ring (bicyclic) bond motifs is 5. The summed E-state index contributed by atoms with van der Waals surface area (Å²) in [5.74, 6) is 1.22. The molecule has 4 saturated carbocycles. The third-order valence-electron chi connectivity index (χ3n) is 11.8. The fraction of sp³-hybridized carbons (Fsp3) is 0.964. The highest BCUT2D eigenvalue weighted by Gasteiger charge is 2.65. The van der Waals surface area contributed by atoms with Gasteiger partial charge in [0.2, 0.25) is 0 Å². The Hall–Kier alpha value is -0.650. The second-order valence-corrected chi connectivity index (χ2v) is 13.2. The normalized spacial score (nSPS) is 49.9. The minimum Gasteiger partial charge on any atom is -0.481 e. The van der Waals surface area contributed by atoms with Crippen molar-refractivity contribution in [3.63, 3.8) is 0 Å². The molecule has 4 fully saturated rings. The fourth-order valence-electron chi connectivity index (χ4n) is 9.35. The molecule has 0 heterocycles. The van der Waals surface area contributed by atoms with E-state index >= 15 is 0 Å². The van der Waals surface area contributed by atoms with Crippen molar-refractivity contribution in [1.82, 2.24) is 0 Å². The quantitative estimate of drug-likeness (QED) is 0.456. The number of hydrogen-bond acceptors (Lipinski definition) is 4. The van der Waals surface area contributed by atoms with Gasteiger partial charge in [-0.05, 0) is 104 Å². The van der Waals surface area contributed by atoms with Crippen molar-refractivity contribution in [2.75, 3.05) is 0 Å². The maximum absolute atomic E-state index is 11.7. The number of carbonyl (C=O) groups is 1. The number of rotatable bonds is 6. The lowest BCUT2D eigenvalue weighted by Gasteiger charge is -2.63. The molecule has 0 aromatic rings. The number of carboxylic acid groups (broad SMARTS) is 1. The van der Waals surface area contributed by atoms with Gasteiger partial charge >= 0.3 is 5.97 Å². The van der Waals surface area contributed by atoms with Gasteiger partial charge in [0.15, 0.2) is 0 Å². The average Bonchev–Trinajstić information content (AvgIpc) is 3.11. The topological polar surface area (TPSA) is 98.0 Å². The Labute approximate surface area is 200 Å². The Balaban J connectivity index is 1.52. The molecule has 5 nitrogen and oxygen atoms in total. The first kappa shape index (κ1) is 25.4. The molecule has 0 aliphatic heterocycles. The summed E-state index contributed by atoms with van der Waals surface area (Å²) in [6.45, 7) is 10.8. The van der Waals surface area contributed by atoms with Crippen LogP contribution in [0.2, 0.25) is 0 Å². The van der Waals surface area contributed by atoms with Gasteiger partial charge in [-0.1, -0.05) is 41.0 Å². The van der Waals surface area contributed by atoms with E-state index in [1.54, 1.807) is 6.92 Å². The maximum Gasteiger partial charge on any atom is 0.306 e. The summed E-state index contributed by atoms with van der Waals surface area (Å²) in [5, 5.41) is 42.7. The van der Waals surface area contributed by atoms with E-state index < -0.39 is 5.97 Å². The molecule has 0 saturated heterocycles. The zero-order valence-electron chi connectivity index (χ0n) is 21.4. The molecule has 13 atom stereocenters. The van der Waals surface area contributed by atoms with Crippen molar-refractivity contribution in [3.05, 3.63) is 0 Å². The van der Waals surface area contributed by atoms with Crippen molar-refractivity contribution >= 4 is 5.97 Å². The van der Waals surface area contributed by atoms with E-state index in [0.717, 1.165) is 57.8 Å². The van der Waals surface area contributed by atoms with Gasteiger partial charge in [0, 0.05) is 0 Å². The number of aliphatic hydroxyl groups is 3. The van der Waals surface area contributed by atoms with Crippen molar-refractivity contribution in [2.45, 2.75) is 111 Å². The highest BCUT2D eigenvalue weighted by molar-refractivity contribution is 5.69. The molecular weight excluding hydrogens is 416 g/mol. The lowest BCUT2D eigenvalue weighted by molar-refractivity contribution is -0.207. The third kappa shape index (κ3) is 4.08. The lowest BCUT2D eigenvalue weighted by Crippen LogP contribution is -2.62. The molecule has 5 heteroatoms. The van der Waals surface area contributed by atoms with Crippen LogP contribution in [-0.2, 0) is 4.79 Å². The van der Waals surface area contributed by atoms with E-state index in [-0.39, 0.29) is 46.9 Å². The summed E-state index contributed by atoms with van der Waals surface area (Å²) in [6.07, 6.45) is 7.34. The van der Waals surface area contributed by atoms with Crippen molar-refractivity contribution in [1.29, 1.82) is 0 Å². The smallest absolute Gasteiger partial charge is 0.306 e. The molecular formula is C28H48O5. The highest BCUT2D eigenvalue weighted by Crippen LogP contribution is 2.68. The van der Waals surface area contributed by atoms with Crippen LogP contribution in [0.15, 0.2) is 0 Å². The van der Waals surface area contributed by atoms with Gasteiger partial charge in [0.1, 0.15) is 0 Å². The van der Waals surface area contributed by atoms with Gasteiger partial charge in [-0.3, -0.25) is 4.79 Å². The second-order valence-electron chi connectivity index (χ2n) is 13.2. The van der Waals surface area contributed by atoms with Crippen LogP contribution in [0.5, 0.6) is 0 Å². The summed E-state index contributed by atoms with van der Waals surface area (Å²) in [6, 6.07) is 0. The summed E-state index contributed by atoms with van der Waals surface area (Å²) in [5.41, 5.74) is -0.0713. The molecule has 0 amide bonds. The van der Waals surface area contributed by atoms with Gasteiger partial charge in [-0.2, -0.15) is 0 Å². The minimum atomic E-state index is -0.717. The molecule has 0 aromatic heterocycles. The molecule has 0 aromatic carbocycles. The molecule has 13 unspecified atom stereocenters.